The van der Waals surface area contributed by atoms with Crippen molar-refractivity contribution in [3.8, 4) is 5.75 Å². The zero-order chi connectivity index (χ0) is 16.9. The third-order valence-corrected chi connectivity index (χ3v) is 3.55. The Morgan fingerprint density at radius 1 is 1.45 bits per heavy atom. The van der Waals surface area contributed by atoms with Crippen LogP contribution in [0.3, 0.4) is 0 Å². The van der Waals surface area contributed by atoms with Crippen LogP contribution in [0.15, 0.2) is 18.2 Å². The summed E-state index contributed by atoms with van der Waals surface area (Å²) in [6.45, 7) is 2.38. The molecule has 1 atom stereocenters. The number of ether oxygens (including phenoxy) is 1. The van der Waals surface area contributed by atoms with E-state index in [-0.39, 0.29) is 23.2 Å². The molecule has 0 fully saturated rings. The minimum Gasteiger partial charge on any atom is -0.433 e. The first-order valence-electron chi connectivity index (χ1n) is 6.63. The number of halogens is 3. The van der Waals surface area contributed by atoms with Crippen molar-refractivity contribution < 1.29 is 23.4 Å². The van der Waals surface area contributed by atoms with E-state index in [4.69, 9.17) is 11.6 Å². The maximum Gasteiger partial charge on any atom is 0.387 e. The smallest absolute Gasteiger partial charge is 0.387 e. The zero-order valence-electron chi connectivity index (χ0n) is 12.5. The first kappa shape index (κ1) is 18.4. The van der Waals surface area contributed by atoms with Crippen molar-refractivity contribution in [3.63, 3.8) is 0 Å². The number of anilines is 1. The van der Waals surface area contributed by atoms with Crippen molar-refractivity contribution in [1.82, 2.24) is 5.32 Å². The molecule has 0 heterocycles. The number of amides is 2. The van der Waals surface area contributed by atoms with Gasteiger partial charge in [-0.2, -0.15) is 8.78 Å². The highest BCUT2D eigenvalue weighted by molar-refractivity contribution is 6.32. The number of nitrogens with one attached hydrogen (secondary N) is 2. The van der Waals surface area contributed by atoms with Gasteiger partial charge in [-0.1, -0.05) is 25.4 Å². The van der Waals surface area contributed by atoms with Gasteiger partial charge in [0.25, 0.3) is 0 Å². The molecule has 22 heavy (non-hydrogen) atoms. The fraction of sp³-hybridized carbons (Fsp3) is 0.500. The highest BCUT2D eigenvalue weighted by atomic mass is 35.5. The van der Waals surface area contributed by atoms with E-state index in [9.17, 15) is 18.7 Å². The molecule has 3 N–H and O–H groups in total. The number of urea groups is 1. The van der Waals surface area contributed by atoms with Crippen LogP contribution in [0.4, 0.5) is 19.3 Å². The van der Waals surface area contributed by atoms with Crippen LogP contribution in [-0.4, -0.2) is 29.9 Å². The van der Waals surface area contributed by atoms with Crippen LogP contribution in [0.25, 0.3) is 0 Å². The van der Waals surface area contributed by atoms with Gasteiger partial charge >= 0.3 is 12.6 Å². The van der Waals surface area contributed by atoms with E-state index < -0.39 is 18.2 Å². The predicted molar refractivity (Wildman–Crippen MR) is 80.6 cm³/mol. The molecule has 0 aliphatic rings. The second-order valence-corrected chi connectivity index (χ2v) is 5.75. The van der Waals surface area contributed by atoms with E-state index in [0.717, 1.165) is 0 Å². The Morgan fingerprint density at radius 2 is 2.09 bits per heavy atom. The third kappa shape index (κ3) is 5.65. The van der Waals surface area contributed by atoms with Crippen LogP contribution >= 0.6 is 11.6 Å². The summed E-state index contributed by atoms with van der Waals surface area (Å²) in [4.78, 5) is 11.7. The van der Waals surface area contributed by atoms with Crippen molar-refractivity contribution in [2.24, 2.45) is 5.92 Å². The van der Waals surface area contributed by atoms with Crippen LogP contribution in [0.1, 0.15) is 20.8 Å². The van der Waals surface area contributed by atoms with Gasteiger partial charge in [0.1, 0.15) is 5.75 Å². The Morgan fingerprint density at radius 3 is 2.59 bits per heavy atom. The fourth-order valence-electron chi connectivity index (χ4n) is 1.41. The van der Waals surface area contributed by atoms with Crippen molar-refractivity contribution >= 4 is 23.3 Å². The van der Waals surface area contributed by atoms with Gasteiger partial charge in [-0.15, -0.1) is 0 Å². The monoisotopic (exact) mass is 336 g/mol. The van der Waals surface area contributed by atoms with Gasteiger partial charge in [-0.05, 0) is 31.0 Å². The Hall–Kier alpha value is -1.60. The molecule has 0 aliphatic heterocycles. The summed E-state index contributed by atoms with van der Waals surface area (Å²) in [5, 5.41) is 15.0. The van der Waals surface area contributed by atoms with E-state index in [1.165, 1.54) is 18.2 Å². The number of hydrogen-bond donors (Lipinski definition) is 3. The molecule has 0 aromatic heterocycles. The second kappa shape index (κ2) is 7.60. The van der Waals surface area contributed by atoms with Crippen LogP contribution < -0.4 is 15.4 Å². The largest absolute Gasteiger partial charge is 0.433 e. The van der Waals surface area contributed by atoms with Gasteiger partial charge < -0.3 is 20.5 Å². The number of hydrogen-bond acceptors (Lipinski definition) is 3. The SMILES string of the molecule is CC(C)C(C)(O)CNC(=O)Nc1ccc(OC(F)F)c(Cl)c1. The molecule has 1 aromatic rings. The van der Waals surface area contributed by atoms with Crippen molar-refractivity contribution in [2.45, 2.75) is 33.0 Å². The van der Waals surface area contributed by atoms with Crippen LogP contribution in [-0.2, 0) is 0 Å². The topological polar surface area (TPSA) is 70.6 Å². The van der Waals surface area contributed by atoms with Gasteiger partial charge in [0.05, 0.1) is 10.6 Å². The zero-order valence-corrected chi connectivity index (χ0v) is 13.2. The fourth-order valence-corrected chi connectivity index (χ4v) is 1.63. The molecule has 2 amide bonds. The number of aliphatic hydroxyl groups is 1. The van der Waals surface area contributed by atoms with E-state index in [1.54, 1.807) is 6.92 Å². The molecule has 0 radical (unpaired) electrons. The van der Waals surface area contributed by atoms with Gasteiger partial charge in [0, 0.05) is 12.2 Å². The summed E-state index contributed by atoms with van der Waals surface area (Å²) in [5.74, 6) is -0.210. The lowest BCUT2D eigenvalue weighted by Gasteiger charge is -2.27. The lowest BCUT2D eigenvalue weighted by atomic mass is 9.93. The molecule has 1 unspecified atom stereocenters. The van der Waals surface area contributed by atoms with Gasteiger partial charge in [0.2, 0.25) is 0 Å². The number of rotatable bonds is 6. The van der Waals surface area contributed by atoms with Crippen molar-refractivity contribution in [1.29, 1.82) is 0 Å². The van der Waals surface area contributed by atoms with Crippen molar-refractivity contribution in [2.75, 3.05) is 11.9 Å². The maximum atomic E-state index is 12.1. The Bertz CT molecular complexity index is 525. The lowest BCUT2D eigenvalue weighted by Crippen LogP contribution is -2.45. The Balaban J connectivity index is 2.60. The van der Waals surface area contributed by atoms with Crippen LogP contribution in [0.5, 0.6) is 5.75 Å². The molecule has 1 aromatic carbocycles. The lowest BCUT2D eigenvalue weighted by molar-refractivity contribution is -0.0497. The number of carbonyl (C=O) groups is 1. The maximum absolute atomic E-state index is 12.1. The first-order valence-corrected chi connectivity index (χ1v) is 7.01. The van der Waals surface area contributed by atoms with Crippen LogP contribution in [0.2, 0.25) is 5.02 Å². The molecule has 0 bridgehead atoms. The summed E-state index contributed by atoms with van der Waals surface area (Å²) < 4.78 is 28.4. The number of benzene rings is 1. The summed E-state index contributed by atoms with van der Waals surface area (Å²) in [5.41, 5.74) is -0.725. The summed E-state index contributed by atoms with van der Waals surface area (Å²) in [6.07, 6.45) is 0. The molecule has 5 nitrogen and oxygen atoms in total. The molecule has 124 valence electrons. The molecule has 0 saturated carbocycles. The molecule has 8 heteroatoms. The standard InChI is InChI=1S/C14H19ClF2N2O3/c1-8(2)14(3,21)7-18-13(20)19-9-4-5-11(10(15)6-9)22-12(16)17/h4-6,8,12,21H,7H2,1-3H3,(H2,18,19,20). The molecule has 0 spiro atoms. The molecular weight excluding hydrogens is 318 g/mol. The third-order valence-electron chi connectivity index (χ3n) is 3.26. The Labute approximate surface area is 132 Å². The molecule has 0 saturated heterocycles. The Kier molecular flexibility index (Phi) is 6.37. The predicted octanol–water partition coefficient (Wildman–Crippen LogP) is 3.47. The highest BCUT2D eigenvalue weighted by Crippen LogP contribution is 2.28. The van der Waals surface area contributed by atoms with Crippen molar-refractivity contribution in [3.05, 3.63) is 23.2 Å². The average molecular weight is 337 g/mol. The van der Waals surface area contributed by atoms with Gasteiger partial charge in [-0.25, -0.2) is 4.79 Å². The number of alkyl halides is 2. The minimum absolute atomic E-state index is 0.0342. The van der Waals surface area contributed by atoms with Gasteiger partial charge in [-0.3, -0.25) is 0 Å². The van der Waals surface area contributed by atoms with E-state index in [2.05, 4.69) is 15.4 Å². The molecule has 0 aliphatic carbocycles. The highest BCUT2D eigenvalue weighted by Gasteiger charge is 2.25. The van der Waals surface area contributed by atoms with E-state index in [0.29, 0.717) is 5.69 Å². The normalized spacial score (nSPS) is 13.9. The average Bonchev–Trinajstić information content (AvgIpc) is 2.39. The summed E-state index contributed by atoms with van der Waals surface area (Å²) >= 11 is 5.78. The molecule has 1 rings (SSSR count). The molecular formula is C14H19ClF2N2O3. The number of carbonyl (C=O) groups excluding carboxylic acids is 1. The van der Waals surface area contributed by atoms with E-state index >= 15 is 0 Å². The first-order chi connectivity index (χ1) is 10.1. The van der Waals surface area contributed by atoms with Crippen LogP contribution in [0, 0.1) is 5.92 Å². The quantitative estimate of drug-likeness (QED) is 0.745. The summed E-state index contributed by atoms with van der Waals surface area (Å²) in [7, 11) is 0. The van der Waals surface area contributed by atoms with Gasteiger partial charge in [0.15, 0.2) is 0 Å². The second-order valence-electron chi connectivity index (χ2n) is 5.34. The van der Waals surface area contributed by atoms with E-state index in [1.807, 2.05) is 13.8 Å². The minimum atomic E-state index is -2.97. The summed E-state index contributed by atoms with van der Waals surface area (Å²) in [6, 6.07) is 3.36.